The van der Waals surface area contributed by atoms with Crippen LogP contribution < -0.4 is 0 Å². The third kappa shape index (κ3) is 6.38. The lowest BCUT2D eigenvalue weighted by atomic mass is 10.1. The first-order valence-electron chi connectivity index (χ1n) is 9.26. The van der Waals surface area contributed by atoms with Gasteiger partial charge in [-0.3, -0.25) is 9.11 Å². The summed E-state index contributed by atoms with van der Waals surface area (Å²) in [6.07, 6.45) is -6.46. The molecule has 1 aromatic rings. The maximum absolute atomic E-state index is 11.4. The van der Waals surface area contributed by atoms with Crippen molar-refractivity contribution in [2.45, 2.75) is 30.7 Å². The van der Waals surface area contributed by atoms with Crippen LogP contribution in [-0.2, 0) is 48.2 Å². The van der Waals surface area contributed by atoms with E-state index in [1.54, 1.807) is 6.07 Å². The van der Waals surface area contributed by atoms with E-state index in [0.717, 1.165) is 0 Å². The van der Waals surface area contributed by atoms with Gasteiger partial charge in [0.25, 0.3) is 12.1 Å². The molecule has 0 amide bonds. The van der Waals surface area contributed by atoms with Crippen LogP contribution in [0.4, 0.5) is 0 Å². The molecule has 16 nitrogen and oxygen atoms in total. The quantitative estimate of drug-likeness (QED) is 0.217. The van der Waals surface area contributed by atoms with Crippen molar-refractivity contribution in [1.29, 1.82) is 0 Å². The number of carbonyl (C=O) groups is 1. The molecule has 0 saturated carbocycles. The lowest BCUT2D eigenvalue weighted by Crippen LogP contribution is -2.39. The second kappa shape index (κ2) is 9.59. The van der Waals surface area contributed by atoms with Crippen LogP contribution in [0, 0.1) is 0 Å². The summed E-state index contributed by atoms with van der Waals surface area (Å²) in [5.74, 6) is -8.80. The van der Waals surface area contributed by atoms with E-state index in [2.05, 4.69) is 8.37 Å². The third-order valence-corrected chi connectivity index (χ3v) is 5.42. The molecule has 35 heavy (non-hydrogen) atoms. The molecule has 194 valence electrons. The van der Waals surface area contributed by atoms with Crippen molar-refractivity contribution in [2.24, 2.45) is 0 Å². The van der Waals surface area contributed by atoms with Crippen LogP contribution >= 0.6 is 0 Å². The summed E-state index contributed by atoms with van der Waals surface area (Å²) >= 11 is 0. The molecule has 0 radical (unpaired) electrons. The summed E-state index contributed by atoms with van der Waals surface area (Å²) in [5.41, 5.74) is 0.145. The number of ether oxygens (including phenoxy) is 3. The van der Waals surface area contributed by atoms with Crippen molar-refractivity contribution in [3.05, 3.63) is 53.2 Å². The van der Waals surface area contributed by atoms with Gasteiger partial charge in [0.15, 0.2) is 5.76 Å². The lowest BCUT2D eigenvalue weighted by Gasteiger charge is -2.30. The van der Waals surface area contributed by atoms with Gasteiger partial charge in [-0.25, -0.2) is 8.98 Å². The SMILES string of the molecule is O=C(O)C1(O)CC(OC2OC(c3ccccc3)=C(O)C(O)=C2OS(=O)(=O)O)C(COS(=O)(=O)O)O1. The molecule has 2 aliphatic rings. The van der Waals surface area contributed by atoms with E-state index in [0.29, 0.717) is 0 Å². The molecule has 0 aliphatic carbocycles. The zero-order chi connectivity index (χ0) is 26.2. The number of carboxylic acids is 1. The minimum absolute atomic E-state index is 0.145. The van der Waals surface area contributed by atoms with E-state index >= 15 is 0 Å². The standard InChI is InChI=1S/C17H18O16S2/c18-11-12(19)14(33-35(26,27)28)15(31-13(11)8-4-2-1-3-5-8)30-9-6-17(22,16(20)21)32-10(9)7-29-34(23,24)25/h1-5,9-10,15,18-19,22H,6-7H2,(H,20,21)(H,23,24,25)(H,26,27,28). The average Bonchev–Trinajstić information content (AvgIpc) is 3.08. The Bertz CT molecular complexity index is 1250. The minimum atomic E-state index is -5.33. The first-order chi connectivity index (χ1) is 16.1. The minimum Gasteiger partial charge on any atom is -0.502 e. The number of aliphatic hydroxyl groups is 3. The molecule has 0 bridgehead atoms. The fourth-order valence-electron chi connectivity index (χ4n) is 3.13. The van der Waals surface area contributed by atoms with Gasteiger partial charge in [0, 0.05) is 12.0 Å². The Kier molecular flexibility index (Phi) is 7.29. The zero-order valence-corrected chi connectivity index (χ0v) is 18.7. The van der Waals surface area contributed by atoms with Crippen LogP contribution in [0.3, 0.4) is 0 Å². The molecule has 3 rings (SSSR count). The fourth-order valence-corrected chi connectivity index (χ4v) is 3.82. The highest BCUT2D eigenvalue weighted by molar-refractivity contribution is 7.81. The van der Waals surface area contributed by atoms with Gasteiger partial charge in [-0.2, -0.15) is 16.8 Å². The molecule has 6 N–H and O–H groups in total. The predicted octanol–water partition coefficient (Wildman–Crippen LogP) is -0.375. The summed E-state index contributed by atoms with van der Waals surface area (Å²) in [6, 6.07) is 7.45. The Hall–Kier alpha value is -2.97. The fraction of sp³-hybridized carbons (Fsp3) is 0.353. The van der Waals surface area contributed by atoms with Gasteiger partial charge in [0.2, 0.25) is 17.3 Å². The number of carboxylic acid groups (broad SMARTS) is 1. The van der Waals surface area contributed by atoms with E-state index in [1.807, 2.05) is 0 Å². The Morgan fingerprint density at radius 2 is 1.69 bits per heavy atom. The van der Waals surface area contributed by atoms with Gasteiger partial charge in [-0.1, -0.05) is 30.3 Å². The third-order valence-electron chi connectivity index (χ3n) is 4.60. The molecule has 1 fully saturated rings. The summed E-state index contributed by atoms with van der Waals surface area (Å²) < 4.78 is 86.3. The number of aliphatic carboxylic acids is 1. The van der Waals surface area contributed by atoms with Gasteiger partial charge < -0.3 is 38.8 Å². The monoisotopic (exact) mass is 542 g/mol. The van der Waals surface area contributed by atoms with Crippen molar-refractivity contribution in [3.63, 3.8) is 0 Å². The van der Waals surface area contributed by atoms with Crippen molar-refractivity contribution < 1.29 is 73.7 Å². The highest BCUT2D eigenvalue weighted by Crippen LogP contribution is 2.38. The van der Waals surface area contributed by atoms with E-state index in [1.165, 1.54) is 24.3 Å². The number of benzene rings is 1. The van der Waals surface area contributed by atoms with Crippen molar-refractivity contribution in [1.82, 2.24) is 0 Å². The van der Waals surface area contributed by atoms with Crippen LogP contribution in [0.2, 0.25) is 0 Å². The topological polar surface area (TPSA) is 253 Å². The first-order valence-corrected chi connectivity index (χ1v) is 12.0. The van der Waals surface area contributed by atoms with E-state index < -0.39 is 87.1 Å². The number of aliphatic hydroxyl groups excluding tert-OH is 2. The molecule has 2 aliphatic heterocycles. The van der Waals surface area contributed by atoms with Crippen LogP contribution in [0.25, 0.3) is 5.76 Å². The van der Waals surface area contributed by atoms with E-state index in [4.69, 9.17) is 23.3 Å². The molecule has 0 spiro atoms. The van der Waals surface area contributed by atoms with Crippen LogP contribution in [-0.4, -0.2) is 83.2 Å². The molecule has 2 heterocycles. The Balaban J connectivity index is 1.99. The Labute approximate surface area is 197 Å². The molecular formula is C17H18O16S2. The maximum Gasteiger partial charge on any atom is 0.446 e. The number of hydrogen-bond acceptors (Lipinski definition) is 13. The van der Waals surface area contributed by atoms with Crippen LogP contribution in [0.5, 0.6) is 0 Å². The second-order valence-corrected chi connectivity index (χ2v) is 9.17. The molecule has 4 unspecified atom stereocenters. The Morgan fingerprint density at radius 3 is 2.23 bits per heavy atom. The second-order valence-electron chi connectivity index (χ2n) is 7.05. The first kappa shape index (κ1) is 26.6. The maximum atomic E-state index is 11.4. The Morgan fingerprint density at radius 1 is 1.06 bits per heavy atom. The molecule has 4 atom stereocenters. The number of hydrogen-bond donors (Lipinski definition) is 6. The van der Waals surface area contributed by atoms with Crippen molar-refractivity contribution in [2.75, 3.05) is 6.61 Å². The highest BCUT2D eigenvalue weighted by atomic mass is 32.3. The number of rotatable bonds is 9. The van der Waals surface area contributed by atoms with E-state index in [9.17, 15) is 42.1 Å². The lowest BCUT2D eigenvalue weighted by molar-refractivity contribution is -0.219. The van der Waals surface area contributed by atoms with Gasteiger partial charge in [-0.05, 0) is 0 Å². The van der Waals surface area contributed by atoms with Crippen LogP contribution in [0.15, 0.2) is 47.6 Å². The summed E-state index contributed by atoms with van der Waals surface area (Å²) in [5, 5.41) is 40.0. The molecule has 18 heteroatoms. The largest absolute Gasteiger partial charge is 0.502 e. The van der Waals surface area contributed by atoms with Gasteiger partial charge >= 0.3 is 26.8 Å². The zero-order valence-electron chi connectivity index (χ0n) is 17.1. The van der Waals surface area contributed by atoms with E-state index in [-0.39, 0.29) is 5.56 Å². The average molecular weight is 542 g/mol. The van der Waals surface area contributed by atoms with Gasteiger partial charge in [-0.15, -0.1) is 0 Å². The molecule has 0 aromatic heterocycles. The summed E-state index contributed by atoms with van der Waals surface area (Å²) in [4.78, 5) is 11.4. The molecular weight excluding hydrogens is 524 g/mol. The van der Waals surface area contributed by atoms with Gasteiger partial charge in [0.1, 0.15) is 6.10 Å². The predicted molar refractivity (Wildman–Crippen MR) is 108 cm³/mol. The smallest absolute Gasteiger partial charge is 0.446 e. The molecule has 1 aromatic carbocycles. The molecule has 1 saturated heterocycles. The van der Waals surface area contributed by atoms with Crippen LogP contribution in [0.1, 0.15) is 12.0 Å². The summed E-state index contributed by atoms with van der Waals surface area (Å²) in [7, 11) is -10.4. The van der Waals surface area contributed by atoms with Crippen molar-refractivity contribution >= 4 is 32.5 Å². The normalized spacial score (nSPS) is 27.6. The van der Waals surface area contributed by atoms with Crippen molar-refractivity contribution in [3.8, 4) is 0 Å². The highest BCUT2D eigenvalue weighted by Gasteiger charge is 2.54. The van der Waals surface area contributed by atoms with Gasteiger partial charge in [0.05, 0.1) is 12.7 Å². The summed E-state index contributed by atoms with van der Waals surface area (Å²) in [6.45, 7) is -1.08.